The third kappa shape index (κ3) is 4.69. The van der Waals surface area contributed by atoms with Crippen molar-refractivity contribution < 1.29 is 4.79 Å². The molecule has 6 nitrogen and oxygen atoms in total. The van der Waals surface area contributed by atoms with E-state index in [1.807, 2.05) is 19.1 Å². The summed E-state index contributed by atoms with van der Waals surface area (Å²) in [5.74, 6) is 0. The second-order valence-electron chi connectivity index (χ2n) is 6.20. The number of anilines is 1. The number of nitrogens with zero attached hydrogens (tertiary/aromatic N) is 3. The van der Waals surface area contributed by atoms with Gasteiger partial charge < -0.3 is 10.6 Å². The highest BCUT2D eigenvalue weighted by Gasteiger charge is 2.10. The predicted molar refractivity (Wildman–Crippen MR) is 102 cm³/mol. The van der Waals surface area contributed by atoms with Crippen LogP contribution in [0.2, 0.25) is 0 Å². The van der Waals surface area contributed by atoms with Gasteiger partial charge in [-0.15, -0.1) is 0 Å². The molecule has 3 aromatic rings. The Balaban J connectivity index is 1.54. The van der Waals surface area contributed by atoms with Crippen LogP contribution in [-0.2, 0) is 13.0 Å². The first kappa shape index (κ1) is 17.7. The highest BCUT2D eigenvalue weighted by molar-refractivity contribution is 5.89. The molecule has 0 fully saturated rings. The van der Waals surface area contributed by atoms with Crippen molar-refractivity contribution in [2.45, 2.75) is 32.9 Å². The van der Waals surface area contributed by atoms with E-state index >= 15 is 0 Å². The predicted octanol–water partition coefficient (Wildman–Crippen LogP) is 3.77. The zero-order valence-electron chi connectivity index (χ0n) is 15.0. The van der Waals surface area contributed by atoms with Crippen LogP contribution in [0.4, 0.5) is 10.5 Å². The molecule has 2 N–H and O–H groups in total. The molecular weight excluding hydrogens is 326 g/mol. The van der Waals surface area contributed by atoms with E-state index in [1.165, 1.54) is 5.56 Å². The lowest BCUT2D eigenvalue weighted by Gasteiger charge is -2.15. The number of aryl methyl sites for hydroxylation is 1. The fraction of sp³-hybridized carbons (Fsp3) is 0.250. The molecule has 26 heavy (non-hydrogen) atoms. The van der Waals surface area contributed by atoms with E-state index in [0.717, 1.165) is 17.5 Å². The number of pyridine rings is 1. The van der Waals surface area contributed by atoms with Gasteiger partial charge in [-0.3, -0.25) is 9.67 Å². The molecule has 0 saturated carbocycles. The Morgan fingerprint density at radius 1 is 1.15 bits per heavy atom. The number of rotatable bonds is 6. The molecule has 3 rings (SSSR count). The van der Waals surface area contributed by atoms with Crippen LogP contribution in [0, 0.1) is 0 Å². The highest BCUT2D eigenvalue weighted by Crippen LogP contribution is 2.14. The van der Waals surface area contributed by atoms with Gasteiger partial charge in [0.15, 0.2) is 0 Å². The van der Waals surface area contributed by atoms with E-state index in [0.29, 0.717) is 12.2 Å². The molecule has 1 unspecified atom stereocenters. The molecule has 0 aliphatic rings. The van der Waals surface area contributed by atoms with Crippen molar-refractivity contribution in [3.63, 3.8) is 0 Å². The first-order valence-corrected chi connectivity index (χ1v) is 8.71. The molecule has 0 aliphatic heterocycles. The van der Waals surface area contributed by atoms with Gasteiger partial charge in [0.05, 0.1) is 24.5 Å². The molecule has 0 bridgehead atoms. The smallest absolute Gasteiger partial charge is 0.319 e. The van der Waals surface area contributed by atoms with Gasteiger partial charge in [0.1, 0.15) is 0 Å². The maximum atomic E-state index is 12.2. The zero-order valence-corrected chi connectivity index (χ0v) is 15.0. The molecule has 0 saturated heterocycles. The SMILES string of the molecule is CCc1ccc(C(C)NC(=O)Nc2cnn(Cc3cccnc3)c2)cc1. The minimum Gasteiger partial charge on any atom is -0.331 e. The van der Waals surface area contributed by atoms with Gasteiger partial charge >= 0.3 is 6.03 Å². The number of carbonyl (C=O) groups excluding carboxylic acids is 1. The summed E-state index contributed by atoms with van der Waals surface area (Å²) in [5, 5.41) is 10.0. The summed E-state index contributed by atoms with van der Waals surface area (Å²) < 4.78 is 1.76. The van der Waals surface area contributed by atoms with Crippen LogP contribution in [0.5, 0.6) is 0 Å². The Kier molecular flexibility index (Phi) is 5.63. The molecule has 134 valence electrons. The Morgan fingerprint density at radius 2 is 1.96 bits per heavy atom. The van der Waals surface area contributed by atoms with E-state index < -0.39 is 0 Å². The maximum absolute atomic E-state index is 12.2. The lowest BCUT2D eigenvalue weighted by atomic mass is 10.1. The molecule has 2 amide bonds. The van der Waals surface area contributed by atoms with Crippen LogP contribution in [0.3, 0.4) is 0 Å². The normalized spacial score (nSPS) is 11.8. The van der Waals surface area contributed by atoms with Gasteiger partial charge in [-0.25, -0.2) is 4.79 Å². The molecule has 1 aromatic carbocycles. The third-order valence-corrected chi connectivity index (χ3v) is 4.19. The summed E-state index contributed by atoms with van der Waals surface area (Å²) in [5.41, 5.74) is 4.06. The average Bonchev–Trinajstić information content (AvgIpc) is 3.09. The van der Waals surface area contributed by atoms with Crippen LogP contribution < -0.4 is 10.6 Å². The maximum Gasteiger partial charge on any atom is 0.319 e. The van der Waals surface area contributed by atoms with Gasteiger partial charge in [0.2, 0.25) is 0 Å². The molecule has 2 heterocycles. The van der Waals surface area contributed by atoms with E-state index in [1.54, 1.807) is 29.5 Å². The van der Waals surface area contributed by atoms with Crippen molar-refractivity contribution in [2.24, 2.45) is 0 Å². The summed E-state index contributed by atoms with van der Waals surface area (Å²) >= 11 is 0. The summed E-state index contributed by atoms with van der Waals surface area (Å²) in [6.07, 6.45) is 7.98. The van der Waals surface area contributed by atoms with Crippen molar-refractivity contribution in [1.29, 1.82) is 0 Å². The standard InChI is InChI=1S/C20H23N5O/c1-3-16-6-8-18(9-7-16)15(2)23-20(26)24-19-12-22-25(14-19)13-17-5-4-10-21-11-17/h4-12,14-15H,3,13H2,1-2H3,(H2,23,24,26). The first-order chi connectivity index (χ1) is 12.6. The minimum absolute atomic E-state index is 0.0775. The topological polar surface area (TPSA) is 71.8 Å². The van der Waals surface area contributed by atoms with E-state index in [9.17, 15) is 4.79 Å². The third-order valence-electron chi connectivity index (χ3n) is 4.19. The summed E-state index contributed by atoms with van der Waals surface area (Å²) in [4.78, 5) is 16.3. The van der Waals surface area contributed by atoms with Crippen molar-refractivity contribution >= 4 is 11.7 Å². The zero-order chi connectivity index (χ0) is 18.4. The van der Waals surface area contributed by atoms with Gasteiger partial charge in [-0.05, 0) is 36.1 Å². The van der Waals surface area contributed by atoms with Crippen molar-refractivity contribution in [1.82, 2.24) is 20.1 Å². The highest BCUT2D eigenvalue weighted by atomic mass is 16.2. The molecular formula is C20H23N5O. The molecule has 1 atom stereocenters. The Bertz CT molecular complexity index is 842. The van der Waals surface area contributed by atoms with E-state index in [4.69, 9.17) is 0 Å². The largest absolute Gasteiger partial charge is 0.331 e. The number of hydrogen-bond acceptors (Lipinski definition) is 3. The van der Waals surface area contributed by atoms with E-state index in [2.05, 4.69) is 51.9 Å². The van der Waals surface area contributed by atoms with Crippen LogP contribution in [0.1, 0.15) is 36.6 Å². The number of carbonyl (C=O) groups is 1. The molecule has 6 heteroatoms. The molecule has 0 spiro atoms. The second-order valence-corrected chi connectivity index (χ2v) is 6.20. The molecule has 0 radical (unpaired) electrons. The fourth-order valence-corrected chi connectivity index (χ4v) is 2.68. The number of benzene rings is 1. The summed E-state index contributed by atoms with van der Waals surface area (Å²) in [6.45, 7) is 4.70. The lowest BCUT2D eigenvalue weighted by Crippen LogP contribution is -2.31. The van der Waals surface area contributed by atoms with Crippen molar-refractivity contribution in [3.05, 3.63) is 77.9 Å². The second kappa shape index (κ2) is 8.29. The number of urea groups is 1. The summed E-state index contributed by atoms with van der Waals surface area (Å²) in [6, 6.07) is 11.8. The van der Waals surface area contributed by atoms with Gasteiger partial charge in [0.25, 0.3) is 0 Å². The average molecular weight is 349 g/mol. The minimum atomic E-state index is -0.252. The lowest BCUT2D eigenvalue weighted by molar-refractivity contribution is 0.249. The Hall–Kier alpha value is -3.15. The summed E-state index contributed by atoms with van der Waals surface area (Å²) in [7, 11) is 0. The van der Waals surface area contributed by atoms with Crippen LogP contribution in [0.25, 0.3) is 0 Å². The van der Waals surface area contributed by atoms with Crippen molar-refractivity contribution in [2.75, 3.05) is 5.32 Å². The van der Waals surface area contributed by atoms with Crippen molar-refractivity contribution in [3.8, 4) is 0 Å². The fourth-order valence-electron chi connectivity index (χ4n) is 2.68. The van der Waals surface area contributed by atoms with E-state index in [-0.39, 0.29) is 12.1 Å². The van der Waals surface area contributed by atoms with Gasteiger partial charge in [-0.2, -0.15) is 5.10 Å². The Labute approximate surface area is 153 Å². The monoisotopic (exact) mass is 349 g/mol. The molecule has 0 aliphatic carbocycles. The van der Waals surface area contributed by atoms with Gasteiger partial charge in [0, 0.05) is 18.6 Å². The Morgan fingerprint density at radius 3 is 2.65 bits per heavy atom. The first-order valence-electron chi connectivity index (χ1n) is 8.71. The number of hydrogen-bond donors (Lipinski definition) is 2. The van der Waals surface area contributed by atoms with Crippen LogP contribution in [-0.4, -0.2) is 20.8 Å². The quantitative estimate of drug-likeness (QED) is 0.711. The number of aromatic nitrogens is 3. The number of nitrogens with one attached hydrogen (secondary N) is 2. The number of amides is 2. The van der Waals surface area contributed by atoms with Crippen LogP contribution in [0.15, 0.2) is 61.2 Å². The van der Waals surface area contributed by atoms with Gasteiger partial charge in [-0.1, -0.05) is 37.3 Å². The van der Waals surface area contributed by atoms with Crippen LogP contribution >= 0.6 is 0 Å². The molecule has 2 aromatic heterocycles.